The van der Waals surface area contributed by atoms with E-state index in [-0.39, 0.29) is 35.4 Å². The second-order valence-electron chi connectivity index (χ2n) is 11.7. The normalized spacial score (nSPS) is 12.0. The molecular formula is C36H40ClN3O4S. The van der Waals surface area contributed by atoms with Gasteiger partial charge in [-0.2, -0.15) is 0 Å². The molecule has 1 N–H and O–H groups in total. The van der Waals surface area contributed by atoms with Crippen LogP contribution in [-0.4, -0.2) is 44.3 Å². The largest absolute Gasteiger partial charge is 0.354 e. The maximum Gasteiger partial charge on any atom is 0.264 e. The topological polar surface area (TPSA) is 86.8 Å². The zero-order valence-corrected chi connectivity index (χ0v) is 27.7. The Kier molecular flexibility index (Phi) is 11.4. The molecule has 0 heterocycles. The van der Waals surface area contributed by atoms with Crippen molar-refractivity contribution in [1.29, 1.82) is 0 Å². The summed E-state index contributed by atoms with van der Waals surface area (Å²) in [4.78, 5) is 29.9. The third-order valence-corrected chi connectivity index (χ3v) is 9.43. The van der Waals surface area contributed by atoms with E-state index in [4.69, 9.17) is 11.6 Å². The van der Waals surface area contributed by atoms with Crippen molar-refractivity contribution in [2.45, 2.75) is 51.6 Å². The van der Waals surface area contributed by atoms with Crippen LogP contribution in [0.2, 0.25) is 5.02 Å². The van der Waals surface area contributed by atoms with E-state index in [0.29, 0.717) is 11.6 Å². The molecule has 0 aliphatic rings. The summed E-state index contributed by atoms with van der Waals surface area (Å²) in [7, 11) is -4.18. The van der Waals surface area contributed by atoms with Gasteiger partial charge in [0.05, 0.1) is 10.6 Å². The number of nitrogens with zero attached hydrogens (tertiary/aromatic N) is 2. The summed E-state index contributed by atoms with van der Waals surface area (Å²) in [5, 5.41) is 3.44. The molecule has 45 heavy (non-hydrogen) atoms. The van der Waals surface area contributed by atoms with Crippen LogP contribution in [0.1, 0.15) is 36.1 Å². The summed E-state index contributed by atoms with van der Waals surface area (Å²) in [6, 6.07) is 29.1. The molecular weight excluding hydrogens is 606 g/mol. The van der Waals surface area contributed by atoms with E-state index in [9.17, 15) is 18.0 Å². The van der Waals surface area contributed by atoms with E-state index in [2.05, 4.69) is 5.32 Å². The molecule has 0 saturated heterocycles. The average molecular weight is 646 g/mol. The Hall–Kier alpha value is -4.14. The third-order valence-electron chi connectivity index (χ3n) is 7.39. The number of aryl methyl sites for hydroxylation is 2. The maximum absolute atomic E-state index is 14.5. The predicted octanol–water partition coefficient (Wildman–Crippen LogP) is 6.56. The highest BCUT2D eigenvalue weighted by molar-refractivity contribution is 7.92. The monoisotopic (exact) mass is 645 g/mol. The molecule has 4 aromatic rings. The number of nitrogens with one attached hydrogen (secondary N) is 1. The van der Waals surface area contributed by atoms with Crippen LogP contribution in [0.25, 0.3) is 0 Å². The first kappa shape index (κ1) is 33.7. The number of carbonyl (C=O) groups is 2. The zero-order valence-electron chi connectivity index (χ0n) is 26.1. The van der Waals surface area contributed by atoms with Crippen molar-refractivity contribution >= 4 is 39.1 Å². The molecule has 4 rings (SSSR count). The van der Waals surface area contributed by atoms with Crippen LogP contribution in [0.3, 0.4) is 0 Å². The second kappa shape index (κ2) is 15.2. The fourth-order valence-electron chi connectivity index (χ4n) is 4.96. The Bertz CT molecular complexity index is 1690. The van der Waals surface area contributed by atoms with Gasteiger partial charge in [0.2, 0.25) is 11.8 Å². The molecule has 0 fully saturated rings. The van der Waals surface area contributed by atoms with Crippen LogP contribution >= 0.6 is 11.6 Å². The minimum absolute atomic E-state index is 0.0524. The van der Waals surface area contributed by atoms with E-state index >= 15 is 0 Å². The van der Waals surface area contributed by atoms with Gasteiger partial charge in [-0.15, -0.1) is 0 Å². The summed E-state index contributed by atoms with van der Waals surface area (Å²) >= 11 is 6.14. The van der Waals surface area contributed by atoms with Gasteiger partial charge in [0.25, 0.3) is 10.0 Å². The lowest BCUT2D eigenvalue weighted by Crippen LogP contribution is -2.53. The van der Waals surface area contributed by atoms with E-state index in [1.807, 2.05) is 82.3 Å². The molecule has 0 aromatic heterocycles. The minimum atomic E-state index is -4.18. The molecule has 0 bridgehead atoms. The van der Waals surface area contributed by atoms with E-state index < -0.39 is 28.5 Å². The zero-order chi connectivity index (χ0) is 32.6. The van der Waals surface area contributed by atoms with Crippen molar-refractivity contribution in [3.05, 3.63) is 130 Å². The molecule has 0 radical (unpaired) electrons. The lowest BCUT2D eigenvalue weighted by Gasteiger charge is -2.34. The van der Waals surface area contributed by atoms with Crippen molar-refractivity contribution in [3.63, 3.8) is 0 Å². The number of carbonyl (C=O) groups excluding carboxylic acids is 2. The van der Waals surface area contributed by atoms with Crippen molar-refractivity contribution in [3.8, 4) is 0 Å². The van der Waals surface area contributed by atoms with Gasteiger partial charge in [0, 0.05) is 24.5 Å². The van der Waals surface area contributed by atoms with Gasteiger partial charge in [-0.25, -0.2) is 8.42 Å². The summed E-state index contributed by atoms with van der Waals surface area (Å²) in [6.45, 7) is 7.87. The average Bonchev–Trinajstić information content (AvgIpc) is 3.01. The van der Waals surface area contributed by atoms with Crippen LogP contribution in [0.15, 0.2) is 108 Å². The molecule has 0 unspecified atom stereocenters. The van der Waals surface area contributed by atoms with Gasteiger partial charge in [-0.1, -0.05) is 103 Å². The number of rotatable bonds is 13. The second-order valence-corrected chi connectivity index (χ2v) is 14.0. The van der Waals surface area contributed by atoms with Crippen LogP contribution in [0, 0.1) is 19.8 Å². The SMILES string of the molecule is Cc1ccc(S(=O)(=O)N(CC(=O)N(Cc2cccc(C)c2)[C@H](Cc2ccccc2)C(=O)NCC(C)C)c2ccc(Cl)cc2)cc1. The van der Waals surface area contributed by atoms with Gasteiger partial charge in [0.15, 0.2) is 0 Å². The van der Waals surface area contributed by atoms with Gasteiger partial charge >= 0.3 is 0 Å². The Balaban J connectivity index is 1.79. The standard InChI is InChI=1S/C36H40ClN3O4S/c1-26(2)23-38-36(42)34(22-29-10-6-5-7-11-29)39(24-30-12-8-9-28(4)21-30)35(41)25-40(32-17-15-31(37)16-18-32)45(43,44)33-19-13-27(3)14-20-33/h5-21,26,34H,22-25H2,1-4H3,(H,38,42)/t34-/m1/s1. The lowest BCUT2D eigenvalue weighted by molar-refractivity contribution is -0.140. The first-order chi connectivity index (χ1) is 21.4. The first-order valence-electron chi connectivity index (χ1n) is 15.0. The number of benzene rings is 4. The molecule has 7 nitrogen and oxygen atoms in total. The fourth-order valence-corrected chi connectivity index (χ4v) is 6.50. The Labute approximate surface area is 271 Å². The lowest BCUT2D eigenvalue weighted by atomic mass is 10.0. The summed E-state index contributed by atoms with van der Waals surface area (Å²) < 4.78 is 29.3. The van der Waals surface area contributed by atoms with E-state index in [0.717, 1.165) is 26.6 Å². The highest BCUT2D eigenvalue weighted by Crippen LogP contribution is 2.27. The molecule has 0 aliphatic heterocycles. The molecule has 0 saturated carbocycles. The van der Waals surface area contributed by atoms with Crippen LogP contribution in [0.5, 0.6) is 0 Å². The Morgan fingerprint density at radius 1 is 0.800 bits per heavy atom. The van der Waals surface area contributed by atoms with Crippen molar-refractivity contribution < 1.29 is 18.0 Å². The molecule has 4 aromatic carbocycles. The summed E-state index contributed by atoms with van der Waals surface area (Å²) in [5.41, 5.74) is 3.91. The first-order valence-corrected chi connectivity index (χ1v) is 16.8. The quantitative estimate of drug-likeness (QED) is 0.178. The smallest absolute Gasteiger partial charge is 0.264 e. The van der Waals surface area contributed by atoms with E-state index in [1.165, 1.54) is 17.0 Å². The number of amides is 2. The number of sulfonamides is 1. The predicted molar refractivity (Wildman–Crippen MR) is 181 cm³/mol. The molecule has 1 atom stereocenters. The summed E-state index contributed by atoms with van der Waals surface area (Å²) in [6.07, 6.45) is 0.258. The number of halogens is 1. The van der Waals surface area contributed by atoms with Gasteiger partial charge in [0.1, 0.15) is 12.6 Å². The molecule has 0 aliphatic carbocycles. The summed E-state index contributed by atoms with van der Waals surface area (Å²) in [5.74, 6) is -0.608. The molecule has 9 heteroatoms. The van der Waals surface area contributed by atoms with Crippen molar-refractivity contribution in [1.82, 2.24) is 10.2 Å². The highest BCUT2D eigenvalue weighted by Gasteiger charge is 2.34. The number of anilines is 1. The van der Waals surface area contributed by atoms with E-state index in [1.54, 1.807) is 36.4 Å². The maximum atomic E-state index is 14.5. The van der Waals surface area contributed by atoms with Crippen LogP contribution < -0.4 is 9.62 Å². The fraction of sp³-hybridized carbons (Fsp3) is 0.278. The van der Waals surface area contributed by atoms with Gasteiger partial charge < -0.3 is 10.2 Å². The van der Waals surface area contributed by atoms with Crippen molar-refractivity contribution in [2.75, 3.05) is 17.4 Å². The van der Waals surface area contributed by atoms with Crippen LogP contribution in [0.4, 0.5) is 5.69 Å². The molecule has 2 amide bonds. The van der Waals surface area contributed by atoms with Crippen molar-refractivity contribution in [2.24, 2.45) is 5.92 Å². The Morgan fingerprint density at radius 3 is 2.07 bits per heavy atom. The molecule has 0 spiro atoms. The number of hydrogen-bond donors (Lipinski definition) is 1. The van der Waals surface area contributed by atoms with Gasteiger partial charge in [-0.05, 0) is 67.3 Å². The minimum Gasteiger partial charge on any atom is -0.354 e. The third kappa shape index (κ3) is 9.19. The Morgan fingerprint density at radius 2 is 1.44 bits per heavy atom. The highest BCUT2D eigenvalue weighted by atomic mass is 35.5. The van der Waals surface area contributed by atoms with Gasteiger partial charge in [-0.3, -0.25) is 13.9 Å². The molecule has 236 valence electrons. The van der Waals surface area contributed by atoms with Crippen LogP contribution in [-0.2, 0) is 32.6 Å². The number of hydrogen-bond acceptors (Lipinski definition) is 4.